The van der Waals surface area contributed by atoms with Gasteiger partial charge in [0.25, 0.3) is 0 Å². The molecule has 0 aliphatic rings. The van der Waals surface area contributed by atoms with E-state index in [0.717, 1.165) is 23.3 Å². The van der Waals surface area contributed by atoms with Crippen LogP contribution in [0.5, 0.6) is 0 Å². The number of carbonyl (C=O) groups is 1. The van der Waals surface area contributed by atoms with Gasteiger partial charge in [-0.3, -0.25) is 0 Å². The van der Waals surface area contributed by atoms with Crippen LogP contribution in [0.4, 0.5) is 0 Å². The van der Waals surface area contributed by atoms with Gasteiger partial charge >= 0.3 is 5.97 Å². The molecule has 0 amide bonds. The number of aromatic nitrogens is 2. The Morgan fingerprint density at radius 3 is 2.88 bits per heavy atom. The lowest BCUT2D eigenvalue weighted by Crippen LogP contribution is -2.01. The van der Waals surface area contributed by atoms with Crippen LogP contribution in [0.3, 0.4) is 0 Å². The first-order valence-electron chi connectivity index (χ1n) is 5.21. The van der Waals surface area contributed by atoms with Gasteiger partial charge in [0.2, 0.25) is 0 Å². The minimum Gasteiger partial charge on any atom is -0.465 e. The van der Waals surface area contributed by atoms with Crippen LogP contribution < -0.4 is 0 Å². The molecule has 0 unspecified atom stereocenters. The number of hydrogen-bond donors (Lipinski definition) is 0. The highest BCUT2D eigenvalue weighted by molar-refractivity contribution is 5.93. The molecule has 2 aromatic rings. The van der Waals surface area contributed by atoms with Gasteiger partial charge in [-0.05, 0) is 18.2 Å². The van der Waals surface area contributed by atoms with Gasteiger partial charge in [-0.2, -0.15) is 0 Å². The molecule has 0 fully saturated rings. The van der Waals surface area contributed by atoms with E-state index in [1.807, 2.05) is 23.7 Å². The Morgan fingerprint density at radius 1 is 1.50 bits per heavy atom. The zero-order valence-corrected chi connectivity index (χ0v) is 9.65. The SMILES string of the molecule is CCc1nc2ccc(C(=O)OC)cc2n1C. The number of imidazole rings is 1. The van der Waals surface area contributed by atoms with Crippen molar-refractivity contribution in [3.8, 4) is 0 Å². The van der Waals surface area contributed by atoms with Crippen LogP contribution in [-0.2, 0) is 18.2 Å². The Morgan fingerprint density at radius 2 is 2.25 bits per heavy atom. The van der Waals surface area contributed by atoms with E-state index in [1.165, 1.54) is 7.11 Å². The predicted molar refractivity (Wildman–Crippen MR) is 61.4 cm³/mol. The Bertz CT molecular complexity index is 543. The zero-order valence-electron chi connectivity index (χ0n) is 9.65. The summed E-state index contributed by atoms with van der Waals surface area (Å²) in [5.74, 6) is 0.693. The second kappa shape index (κ2) is 3.96. The van der Waals surface area contributed by atoms with E-state index in [9.17, 15) is 4.79 Å². The van der Waals surface area contributed by atoms with E-state index in [-0.39, 0.29) is 5.97 Å². The second-order valence-corrected chi connectivity index (χ2v) is 3.64. The van der Waals surface area contributed by atoms with E-state index in [4.69, 9.17) is 0 Å². The van der Waals surface area contributed by atoms with Gasteiger partial charge in [-0.25, -0.2) is 9.78 Å². The van der Waals surface area contributed by atoms with Crippen molar-refractivity contribution in [3.63, 3.8) is 0 Å². The van der Waals surface area contributed by atoms with Gasteiger partial charge in [0, 0.05) is 13.5 Å². The molecule has 0 N–H and O–H groups in total. The lowest BCUT2D eigenvalue weighted by atomic mass is 10.2. The van der Waals surface area contributed by atoms with Gasteiger partial charge in [0.15, 0.2) is 0 Å². The number of hydrogen-bond acceptors (Lipinski definition) is 3. The van der Waals surface area contributed by atoms with E-state index in [0.29, 0.717) is 5.56 Å². The van der Waals surface area contributed by atoms with Crippen molar-refractivity contribution in [2.24, 2.45) is 7.05 Å². The molecule has 0 saturated carbocycles. The normalized spacial score (nSPS) is 10.7. The number of carbonyl (C=O) groups excluding carboxylic acids is 1. The number of nitrogens with zero attached hydrogens (tertiary/aromatic N) is 2. The van der Waals surface area contributed by atoms with Crippen LogP contribution in [0.1, 0.15) is 23.1 Å². The lowest BCUT2D eigenvalue weighted by Gasteiger charge is -2.01. The molecule has 0 bridgehead atoms. The maximum absolute atomic E-state index is 11.4. The fourth-order valence-corrected chi connectivity index (χ4v) is 1.80. The van der Waals surface area contributed by atoms with E-state index in [2.05, 4.69) is 16.6 Å². The first-order valence-corrected chi connectivity index (χ1v) is 5.21. The van der Waals surface area contributed by atoms with Crippen molar-refractivity contribution in [1.82, 2.24) is 9.55 Å². The summed E-state index contributed by atoms with van der Waals surface area (Å²) < 4.78 is 6.69. The molecule has 2 rings (SSSR count). The third kappa shape index (κ3) is 1.56. The molecule has 0 aliphatic heterocycles. The minimum absolute atomic E-state index is 0.318. The van der Waals surface area contributed by atoms with E-state index in [1.54, 1.807) is 6.07 Å². The van der Waals surface area contributed by atoms with Crippen molar-refractivity contribution < 1.29 is 9.53 Å². The summed E-state index contributed by atoms with van der Waals surface area (Å²) in [5.41, 5.74) is 2.42. The molecule has 0 aliphatic carbocycles. The van der Waals surface area contributed by atoms with Crippen molar-refractivity contribution in [2.75, 3.05) is 7.11 Å². The Kier molecular flexibility index (Phi) is 2.64. The average molecular weight is 218 g/mol. The van der Waals surface area contributed by atoms with Gasteiger partial charge in [-0.15, -0.1) is 0 Å². The quantitative estimate of drug-likeness (QED) is 0.723. The second-order valence-electron chi connectivity index (χ2n) is 3.64. The zero-order chi connectivity index (χ0) is 11.7. The number of benzene rings is 1. The summed E-state index contributed by atoms with van der Waals surface area (Å²) in [6.07, 6.45) is 0.874. The first-order chi connectivity index (χ1) is 7.67. The molecular weight excluding hydrogens is 204 g/mol. The average Bonchev–Trinajstić information content (AvgIpc) is 2.64. The Balaban J connectivity index is 2.61. The molecule has 0 saturated heterocycles. The van der Waals surface area contributed by atoms with E-state index < -0.39 is 0 Å². The van der Waals surface area contributed by atoms with Gasteiger partial charge < -0.3 is 9.30 Å². The predicted octanol–water partition coefficient (Wildman–Crippen LogP) is 1.92. The molecule has 1 heterocycles. The Labute approximate surface area is 93.9 Å². The van der Waals surface area contributed by atoms with Crippen LogP contribution in [0, 0.1) is 0 Å². The van der Waals surface area contributed by atoms with E-state index >= 15 is 0 Å². The summed E-state index contributed by atoms with van der Waals surface area (Å²) in [6.45, 7) is 2.06. The maximum atomic E-state index is 11.4. The molecule has 0 radical (unpaired) electrons. The number of rotatable bonds is 2. The first kappa shape index (κ1) is 10.7. The van der Waals surface area contributed by atoms with Crippen LogP contribution in [0.2, 0.25) is 0 Å². The monoisotopic (exact) mass is 218 g/mol. The summed E-state index contributed by atoms with van der Waals surface area (Å²) in [6, 6.07) is 5.40. The van der Waals surface area contributed by atoms with Crippen molar-refractivity contribution in [3.05, 3.63) is 29.6 Å². The summed E-state index contributed by atoms with van der Waals surface area (Å²) in [5, 5.41) is 0. The topological polar surface area (TPSA) is 44.1 Å². The number of aryl methyl sites for hydroxylation is 2. The van der Waals surface area contributed by atoms with Crippen LogP contribution >= 0.6 is 0 Å². The van der Waals surface area contributed by atoms with Gasteiger partial charge in [0.05, 0.1) is 23.7 Å². The smallest absolute Gasteiger partial charge is 0.337 e. The molecule has 4 nitrogen and oxygen atoms in total. The van der Waals surface area contributed by atoms with Gasteiger partial charge in [-0.1, -0.05) is 6.92 Å². The maximum Gasteiger partial charge on any atom is 0.337 e. The van der Waals surface area contributed by atoms with Gasteiger partial charge in [0.1, 0.15) is 5.82 Å². The van der Waals surface area contributed by atoms with Crippen LogP contribution in [0.25, 0.3) is 11.0 Å². The standard InChI is InChI=1S/C12H14N2O2/c1-4-11-13-9-6-5-8(12(15)16-3)7-10(9)14(11)2/h5-7H,4H2,1-3H3. The number of ether oxygens (including phenoxy) is 1. The molecule has 16 heavy (non-hydrogen) atoms. The molecule has 1 aromatic carbocycles. The summed E-state index contributed by atoms with van der Waals surface area (Å²) in [7, 11) is 3.34. The van der Waals surface area contributed by atoms with Crippen molar-refractivity contribution in [2.45, 2.75) is 13.3 Å². The number of fused-ring (bicyclic) bond motifs is 1. The third-order valence-corrected chi connectivity index (χ3v) is 2.71. The molecule has 1 aromatic heterocycles. The molecule has 4 heteroatoms. The highest BCUT2D eigenvalue weighted by Crippen LogP contribution is 2.17. The summed E-state index contributed by atoms with van der Waals surface area (Å²) in [4.78, 5) is 15.9. The highest BCUT2D eigenvalue weighted by Gasteiger charge is 2.10. The summed E-state index contributed by atoms with van der Waals surface area (Å²) >= 11 is 0. The number of methoxy groups -OCH3 is 1. The Hall–Kier alpha value is -1.84. The lowest BCUT2D eigenvalue weighted by molar-refractivity contribution is 0.0601. The largest absolute Gasteiger partial charge is 0.465 e. The molecular formula is C12H14N2O2. The molecule has 0 spiro atoms. The fraction of sp³-hybridized carbons (Fsp3) is 0.333. The minimum atomic E-state index is -0.318. The molecule has 0 atom stereocenters. The molecule has 84 valence electrons. The third-order valence-electron chi connectivity index (χ3n) is 2.71. The van der Waals surface area contributed by atoms with Crippen molar-refractivity contribution >= 4 is 17.0 Å². The van der Waals surface area contributed by atoms with Crippen LogP contribution in [-0.4, -0.2) is 22.6 Å². The highest BCUT2D eigenvalue weighted by atomic mass is 16.5. The van der Waals surface area contributed by atoms with Crippen LogP contribution in [0.15, 0.2) is 18.2 Å². The van der Waals surface area contributed by atoms with Crippen molar-refractivity contribution in [1.29, 1.82) is 0 Å². The number of esters is 1. The fourth-order valence-electron chi connectivity index (χ4n) is 1.80.